The van der Waals surface area contributed by atoms with Crippen LogP contribution in [0.2, 0.25) is 0 Å². The van der Waals surface area contributed by atoms with E-state index in [9.17, 15) is 24.9 Å². The first-order valence-electron chi connectivity index (χ1n) is 17.6. The number of hydrogen-bond donors (Lipinski definition) is 7. The molecule has 2 amide bonds. The number of unbranched alkanes of at least 4 members (excludes halogenated alkanes) is 2. The van der Waals surface area contributed by atoms with Crippen LogP contribution in [0.15, 0.2) is 89.7 Å². The van der Waals surface area contributed by atoms with Crippen molar-refractivity contribution in [3.8, 4) is 0 Å². The number of aliphatic imine (C=N–C) groups is 1. The first kappa shape index (κ1) is 43.1. The lowest BCUT2D eigenvalue weighted by atomic mass is 9.87. The summed E-state index contributed by atoms with van der Waals surface area (Å²) in [7, 11) is 0. The first-order valence-corrected chi connectivity index (χ1v) is 17.6. The fourth-order valence-electron chi connectivity index (χ4n) is 4.84. The number of nitrogens with one attached hydrogen (secondary N) is 2. The van der Waals surface area contributed by atoms with Gasteiger partial charge in [-0.25, -0.2) is 4.99 Å². The van der Waals surface area contributed by atoms with E-state index < -0.39 is 42.8 Å². The summed E-state index contributed by atoms with van der Waals surface area (Å²) in [5, 5.41) is 35.2. The number of aliphatic hydroxyl groups is 3. The molecule has 0 spiro atoms. The van der Waals surface area contributed by atoms with Crippen molar-refractivity contribution in [2.75, 3.05) is 19.7 Å². The molecule has 0 aromatic heterocycles. The van der Waals surface area contributed by atoms with E-state index in [4.69, 9.17) is 16.2 Å². The minimum Gasteiger partial charge on any atom is -0.482 e. The number of allylic oxidation sites excluding steroid dienone is 12. The maximum atomic E-state index is 12.7. The molecule has 1 aliphatic rings. The summed E-state index contributed by atoms with van der Waals surface area (Å²) < 4.78 is 5.70. The van der Waals surface area contributed by atoms with Gasteiger partial charge in [0.05, 0.1) is 12.6 Å². The van der Waals surface area contributed by atoms with Crippen LogP contribution in [0.4, 0.5) is 0 Å². The zero-order chi connectivity index (χ0) is 36.1. The maximum absolute atomic E-state index is 12.7. The number of carbonyl (C=O) groups is 2. The Morgan fingerprint density at radius 3 is 1.86 bits per heavy atom. The number of carbonyl (C=O) groups excluding carboxylic acids is 2. The Morgan fingerprint density at radius 1 is 0.837 bits per heavy atom. The molecule has 0 aromatic rings. The van der Waals surface area contributed by atoms with Crippen LogP contribution in [0.3, 0.4) is 0 Å². The largest absolute Gasteiger partial charge is 0.482 e. The van der Waals surface area contributed by atoms with Crippen LogP contribution in [-0.2, 0) is 14.3 Å². The number of rotatable bonds is 25. The Morgan fingerprint density at radius 2 is 1.35 bits per heavy atom. The summed E-state index contributed by atoms with van der Waals surface area (Å²) in [4.78, 5) is 29.0. The minimum atomic E-state index is -1.45. The second-order valence-corrected chi connectivity index (χ2v) is 11.9. The number of hydrogen-bond acceptors (Lipinski definition) is 7. The summed E-state index contributed by atoms with van der Waals surface area (Å²) in [6.45, 7) is 4.13. The second kappa shape index (κ2) is 28.0. The van der Waals surface area contributed by atoms with Crippen LogP contribution in [-0.4, -0.2) is 77.1 Å². The van der Waals surface area contributed by atoms with Crippen LogP contribution < -0.4 is 22.1 Å². The monoisotopic (exact) mass is 683 g/mol. The summed E-state index contributed by atoms with van der Waals surface area (Å²) in [6, 6.07) is -0.659. The van der Waals surface area contributed by atoms with Crippen molar-refractivity contribution in [3.05, 3.63) is 84.7 Å². The molecule has 0 saturated carbocycles. The molecule has 0 saturated heterocycles. The third-order valence-electron chi connectivity index (χ3n) is 7.68. The van der Waals surface area contributed by atoms with Crippen molar-refractivity contribution in [1.29, 1.82) is 0 Å². The average molecular weight is 684 g/mol. The average Bonchev–Trinajstić information content (AvgIpc) is 3.08. The van der Waals surface area contributed by atoms with E-state index >= 15 is 0 Å². The smallest absolute Gasteiger partial charge is 0.286 e. The van der Waals surface area contributed by atoms with Gasteiger partial charge in [-0.3, -0.25) is 9.59 Å². The van der Waals surface area contributed by atoms with Crippen molar-refractivity contribution >= 4 is 17.8 Å². The molecule has 0 bridgehead atoms. The molecule has 1 aliphatic heterocycles. The van der Waals surface area contributed by atoms with E-state index in [1.54, 1.807) is 6.92 Å². The highest BCUT2D eigenvalue weighted by molar-refractivity contribution is 5.91. The third kappa shape index (κ3) is 20.9. The van der Waals surface area contributed by atoms with Gasteiger partial charge in [0.2, 0.25) is 5.91 Å². The number of nitrogens with two attached hydrogens (primary N) is 2. The highest BCUT2D eigenvalue weighted by atomic mass is 16.5. The zero-order valence-corrected chi connectivity index (χ0v) is 29.5. The predicted octanol–water partition coefficient (Wildman–Crippen LogP) is 4.14. The van der Waals surface area contributed by atoms with Crippen molar-refractivity contribution < 1.29 is 29.6 Å². The molecule has 1 unspecified atom stereocenters. The standard InChI is InChI=1S/C38H61N5O6/c1-3-4-5-6-7-8-9-10-11-12-13-14-15-16-17-18-19-20-22-25-34(46)41-26-23-21-24-27-42-37(48)33-28-31(43-38(39)40)30(2)36(49-33)35(47)32(45)29-44/h4-5,7-8,10-11,13-14,16-17,19-20,28,30-32,35-36,44-45,47H,3,6,9,12,15,18,21-27,29H2,1-2H3,(H,41,46)(H,42,48)(H4,39,40,43)/b5-4-,8-7-,11-10-,14-13-,17-16-,20-19-/t30-,31-,32-,35-,36?/m1/s1. The molecule has 1 rings (SSSR count). The van der Waals surface area contributed by atoms with E-state index in [2.05, 4.69) is 89.4 Å². The zero-order valence-electron chi connectivity index (χ0n) is 29.5. The Bertz CT molecular complexity index is 1170. The van der Waals surface area contributed by atoms with E-state index in [-0.39, 0.29) is 17.6 Å². The highest BCUT2D eigenvalue weighted by Crippen LogP contribution is 2.29. The van der Waals surface area contributed by atoms with Gasteiger partial charge in [0, 0.05) is 25.4 Å². The molecular weight excluding hydrogens is 622 g/mol. The molecule has 274 valence electrons. The van der Waals surface area contributed by atoms with Crippen molar-refractivity contribution in [1.82, 2.24) is 10.6 Å². The molecule has 1 heterocycles. The van der Waals surface area contributed by atoms with Gasteiger partial charge in [-0.1, -0.05) is 86.8 Å². The Hall–Kier alpha value is -3.93. The summed E-state index contributed by atoms with van der Waals surface area (Å²) in [5.74, 6) is -1.22. The lowest BCUT2D eigenvalue weighted by Crippen LogP contribution is -2.50. The number of aliphatic hydroxyl groups excluding tert-OH is 3. The van der Waals surface area contributed by atoms with E-state index in [0.717, 1.165) is 51.4 Å². The van der Waals surface area contributed by atoms with E-state index in [1.165, 1.54) is 6.08 Å². The maximum Gasteiger partial charge on any atom is 0.286 e. The lowest BCUT2D eigenvalue weighted by Gasteiger charge is -2.37. The van der Waals surface area contributed by atoms with Gasteiger partial charge in [0.15, 0.2) is 11.7 Å². The third-order valence-corrected chi connectivity index (χ3v) is 7.68. The summed E-state index contributed by atoms with van der Waals surface area (Å²) in [6.07, 6.45) is 32.6. The molecule has 0 fully saturated rings. The quantitative estimate of drug-likeness (QED) is 0.0323. The van der Waals surface area contributed by atoms with Crippen LogP contribution in [0, 0.1) is 5.92 Å². The molecule has 11 nitrogen and oxygen atoms in total. The van der Waals surface area contributed by atoms with Gasteiger partial charge in [0.25, 0.3) is 5.91 Å². The normalized spacial score (nSPS) is 19.6. The topological polar surface area (TPSA) is 193 Å². The molecule has 0 aromatic carbocycles. The van der Waals surface area contributed by atoms with Gasteiger partial charge in [-0.2, -0.15) is 0 Å². The van der Waals surface area contributed by atoms with Crippen molar-refractivity contribution in [2.45, 2.75) is 109 Å². The fraction of sp³-hybridized carbons (Fsp3) is 0.553. The van der Waals surface area contributed by atoms with Gasteiger partial charge < -0.3 is 42.2 Å². The van der Waals surface area contributed by atoms with Gasteiger partial charge >= 0.3 is 0 Å². The molecule has 0 radical (unpaired) electrons. The van der Waals surface area contributed by atoms with Crippen LogP contribution in [0.25, 0.3) is 0 Å². The van der Waals surface area contributed by atoms with Crippen LogP contribution in [0.5, 0.6) is 0 Å². The van der Waals surface area contributed by atoms with Gasteiger partial charge in [-0.05, 0) is 70.3 Å². The Kier molecular flexibility index (Phi) is 24.6. The van der Waals surface area contributed by atoms with Crippen molar-refractivity contribution in [3.63, 3.8) is 0 Å². The number of amides is 2. The lowest BCUT2D eigenvalue weighted by molar-refractivity contribution is -0.133. The number of nitrogens with zero attached hydrogens (tertiary/aromatic N) is 1. The van der Waals surface area contributed by atoms with Crippen molar-refractivity contribution in [2.24, 2.45) is 22.4 Å². The second-order valence-electron chi connectivity index (χ2n) is 11.9. The Labute approximate surface area is 293 Å². The molecule has 0 aliphatic carbocycles. The highest BCUT2D eigenvalue weighted by Gasteiger charge is 2.40. The Balaban J connectivity index is 2.16. The number of guanidine groups is 1. The molecule has 5 atom stereocenters. The van der Waals surface area contributed by atoms with E-state index in [1.807, 2.05) is 6.08 Å². The van der Waals surface area contributed by atoms with E-state index in [0.29, 0.717) is 32.4 Å². The molecule has 11 heteroatoms. The predicted molar refractivity (Wildman–Crippen MR) is 198 cm³/mol. The summed E-state index contributed by atoms with van der Waals surface area (Å²) >= 11 is 0. The van der Waals surface area contributed by atoms with Crippen LogP contribution in [0.1, 0.15) is 84.5 Å². The minimum absolute atomic E-state index is 0.0156. The van der Waals surface area contributed by atoms with Gasteiger partial charge in [0.1, 0.15) is 18.3 Å². The number of ether oxygens (including phenoxy) is 1. The molecule has 9 N–H and O–H groups in total. The fourth-order valence-corrected chi connectivity index (χ4v) is 4.84. The van der Waals surface area contributed by atoms with Crippen LogP contribution >= 0.6 is 0 Å². The molecule has 49 heavy (non-hydrogen) atoms. The van der Waals surface area contributed by atoms with Gasteiger partial charge in [-0.15, -0.1) is 0 Å². The molecular formula is C38H61N5O6. The summed E-state index contributed by atoms with van der Waals surface area (Å²) in [5.41, 5.74) is 11.0. The first-order chi connectivity index (χ1) is 23.7. The SMILES string of the molecule is CC/C=C\C/C=C\C/C=C\C/C=C\C/C=C\C/C=C\CCC(=O)NCCCCCNC(=O)C1=C[C@@H](N=C(N)N)[C@@H](C)C([C@H](O)[C@H](O)CO)O1.